The lowest BCUT2D eigenvalue weighted by atomic mass is 10.0. The molecule has 3 rings (SSSR count). The highest BCUT2D eigenvalue weighted by Crippen LogP contribution is 2.17. The highest BCUT2D eigenvalue weighted by atomic mass is 16.5. The Bertz CT molecular complexity index is 721. The molecule has 2 aliphatic rings. The Kier molecular flexibility index (Phi) is 8.39. The summed E-state index contributed by atoms with van der Waals surface area (Å²) in [7, 11) is 0. The fraction of sp³-hybridized carbons (Fsp3) is 0.545. The molecule has 8 heteroatoms. The van der Waals surface area contributed by atoms with Gasteiger partial charge in [-0.2, -0.15) is 0 Å². The normalized spacial score (nSPS) is 25.5. The first-order chi connectivity index (χ1) is 14.5. The van der Waals surface area contributed by atoms with Gasteiger partial charge in [0.1, 0.15) is 6.10 Å². The van der Waals surface area contributed by atoms with E-state index in [1.165, 1.54) is 0 Å². The lowest BCUT2D eigenvalue weighted by molar-refractivity contribution is -0.129. The van der Waals surface area contributed by atoms with Crippen molar-refractivity contribution in [2.24, 2.45) is 0 Å². The van der Waals surface area contributed by atoms with Crippen LogP contribution in [0.15, 0.2) is 42.5 Å². The zero-order chi connectivity index (χ0) is 21.3. The molecular weight excluding hydrogens is 386 g/mol. The number of amides is 2. The Labute approximate surface area is 177 Å². The van der Waals surface area contributed by atoms with Crippen LogP contribution in [0.5, 0.6) is 0 Å². The second-order valence-electron chi connectivity index (χ2n) is 7.67. The van der Waals surface area contributed by atoms with Crippen LogP contribution in [-0.4, -0.2) is 79.5 Å². The van der Waals surface area contributed by atoms with Crippen LogP contribution >= 0.6 is 0 Å². The fourth-order valence-electron chi connectivity index (χ4n) is 3.64. The minimum Gasteiger partial charge on any atom is -0.394 e. The monoisotopic (exact) mass is 417 g/mol. The molecule has 0 aliphatic carbocycles. The number of nitrogens with one attached hydrogen (secondary N) is 2. The van der Waals surface area contributed by atoms with Crippen molar-refractivity contribution in [3.63, 3.8) is 0 Å². The summed E-state index contributed by atoms with van der Waals surface area (Å²) in [5, 5.41) is 15.6. The van der Waals surface area contributed by atoms with E-state index in [0.717, 1.165) is 18.7 Å². The van der Waals surface area contributed by atoms with Gasteiger partial charge < -0.3 is 25.2 Å². The number of carbonyl (C=O) groups is 2. The van der Waals surface area contributed by atoms with Crippen LogP contribution in [0.3, 0.4) is 0 Å². The number of ether oxygens (including phenoxy) is 2. The fourth-order valence-corrected chi connectivity index (χ4v) is 3.64. The third-order valence-corrected chi connectivity index (χ3v) is 5.33. The molecule has 1 saturated heterocycles. The Morgan fingerprint density at radius 3 is 2.60 bits per heavy atom. The molecule has 2 amide bonds. The summed E-state index contributed by atoms with van der Waals surface area (Å²) in [6.45, 7) is 4.69. The van der Waals surface area contributed by atoms with E-state index >= 15 is 0 Å². The number of carbonyl (C=O) groups excluding carboxylic acids is 2. The van der Waals surface area contributed by atoms with E-state index in [4.69, 9.17) is 9.47 Å². The van der Waals surface area contributed by atoms with Crippen molar-refractivity contribution in [1.82, 2.24) is 15.5 Å². The number of benzene rings is 1. The van der Waals surface area contributed by atoms with Gasteiger partial charge in [-0.1, -0.05) is 42.5 Å². The van der Waals surface area contributed by atoms with E-state index in [2.05, 4.69) is 10.6 Å². The van der Waals surface area contributed by atoms with Gasteiger partial charge in [0.25, 0.3) is 0 Å². The van der Waals surface area contributed by atoms with E-state index in [9.17, 15) is 14.7 Å². The predicted octanol–water partition coefficient (Wildman–Crippen LogP) is 0.387. The summed E-state index contributed by atoms with van der Waals surface area (Å²) in [5.41, 5.74) is 1.03. The molecule has 1 aromatic carbocycles. The first kappa shape index (κ1) is 22.4. The molecule has 164 valence electrons. The summed E-state index contributed by atoms with van der Waals surface area (Å²) < 4.78 is 11.1. The quantitative estimate of drug-likeness (QED) is 0.529. The maximum atomic E-state index is 12.4. The van der Waals surface area contributed by atoms with Crippen LogP contribution in [-0.2, 0) is 19.1 Å². The van der Waals surface area contributed by atoms with Crippen LogP contribution in [0.25, 0.3) is 0 Å². The van der Waals surface area contributed by atoms with Crippen LogP contribution < -0.4 is 10.6 Å². The first-order valence-electron chi connectivity index (χ1n) is 10.4. The van der Waals surface area contributed by atoms with Crippen LogP contribution in [0.2, 0.25) is 0 Å². The van der Waals surface area contributed by atoms with Crippen LogP contribution in [0.4, 0.5) is 0 Å². The third kappa shape index (κ3) is 6.63. The molecule has 8 nitrogen and oxygen atoms in total. The maximum absolute atomic E-state index is 12.4. The van der Waals surface area contributed by atoms with Gasteiger partial charge in [0.2, 0.25) is 11.8 Å². The molecule has 0 radical (unpaired) electrons. The lowest BCUT2D eigenvalue weighted by Gasteiger charge is -2.33. The number of aliphatic hydroxyl groups excluding tert-OH is 1. The number of rotatable bonds is 8. The maximum Gasteiger partial charge on any atom is 0.234 e. The number of morpholine rings is 1. The minimum atomic E-state index is -0.590. The first-order valence-corrected chi connectivity index (χ1v) is 10.4. The van der Waals surface area contributed by atoms with Crippen molar-refractivity contribution < 1.29 is 24.2 Å². The summed E-state index contributed by atoms with van der Waals surface area (Å²) >= 11 is 0. The topological polar surface area (TPSA) is 100 Å². The Morgan fingerprint density at radius 2 is 1.90 bits per heavy atom. The minimum absolute atomic E-state index is 0.105. The average Bonchev–Trinajstić information content (AvgIpc) is 2.76. The van der Waals surface area contributed by atoms with E-state index in [1.807, 2.05) is 42.2 Å². The Morgan fingerprint density at radius 1 is 1.17 bits per heavy atom. The molecule has 0 saturated carbocycles. The van der Waals surface area contributed by atoms with Gasteiger partial charge >= 0.3 is 0 Å². The molecule has 4 atom stereocenters. The van der Waals surface area contributed by atoms with Crippen molar-refractivity contribution in [2.75, 3.05) is 39.5 Å². The van der Waals surface area contributed by atoms with E-state index in [1.54, 1.807) is 12.2 Å². The van der Waals surface area contributed by atoms with E-state index < -0.39 is 18.2 Å². The van der Waals surface area contributed by atoms with Gasteiger partial charge in [-0.05, 0) is 12.5 Å². The Balaban J connectivity index is 1.47. The molecule has 2 heterocycles. The van der Waals surface area contributed by atoms with Gasteiger partial charge in [0.15, 0.2) is 0 Å². The van der Waals surface area contributed by atoms with Crippen molar-refractivity contribution >= 4 is 11.8 Å². The zero-order valence-electron chi connectivity index (χ0n) is 17.3. The van der Waals surface area contributed by atoms with Crippen molar-refractivity contribution in [3.8, 4) is 0 Å². The second-order valence-corrected chi connectivity index (χ2v) is 7.67. The number of hydrogen-bond acceptors (Lipinski definition) is 6. The zero-order valence-corrected chi connectivity index (χ0v) is 17.3. The number of aliphatic hydroxyl groups is 1. The Hall–Kier alpha value is -2.26. The van der Waals surface area contributed by atoms with Crippen LogP contribution in [0.1, 0.15) is 24.9 Å². The van der Waals surface area contributed by atoms with Crippen molar-refractivity contribution in [2.45, 2.75) is 37.6 Å². The molecule has 0 unspecified atom stereocenters. The van der Waals surface area contributed by atoms with Crippen molar-refractivity contribution in [3.05, 3.63) is 48.0 Å². The molecule has 1 fully saturated rings. The number of nitrogens with zero attached hydrogens (tertiary/aromatic N) is 1. The molecule has 0 spiro atoms. The van der Waals surface area contributed by atoms with Gasteiger partial charge in [0.05, 0.1) is 51.0 Å². The molecule has 3 N–H and O–H groups in total. The highest BCUT2D eigenvalue weighted by molar-refractivity contribution is 5.79. The molecule has 1 aromatic rings. The molecular formula is C22H31N3O5. The SMILES string of the molecule is C[C@@H](NC(=O)C[C@@H]1C=C[C@@H](NC(=O)CN2CCOCC2)[C@@H](CO)O1)c1ccccc1. The predicted molar refractivity (Wildman–Crippen MR) is 112 cm³/mol. The smallest absolute Gasteiger partial charge is 0.234 e. The summed E-state index contributed by atoms with van der Waals surface area (Å²) in [6.07, 6.45) is 2.70. The largest absolute Gasteiger partial charge is 0.394 e. The highest BCUT2D eigenvalue weighted by Gasteiger charge is 2.29. The molecule has 30 heavy (non-hydrogen) atoms. The average molecular weight is 418 g/mol. The summed E-state index contributed by atoms with van der Waals surface area (Å²) in [5.74, 6) is -0.256. The van der Waals surface area contributed by atoms with E-state index in [0.29, 0.717) is 13.2 Å². The van der Waals surface area contributed by atoms with Crippen LogP contribution in [0, 0.1) is 0 Å². The van der Waals surface area contributed by atoms with Crippen molar-refractivity contribution in [1.29, 1.82) is 0 Å². The van der Waals surface area contributed by atoms with Gasteiger partial charge in [-0.3, -0.25) is 14.5 Å². The molecule has 0 bridgehead atoms. The lowest BCUT2D eigenvalue weighted by Crippen LogP contribution is -2.52. The third-order valence-electron chi connectivity index (χ3n) is 5.33. The molecule has 0 aromatic heterocycles. The summed E-state index contributed by atoms with van der Waals surface area (Å²) in [4.78, 5) is 26.8. The van der Waals surface area contributed by atoms with Gasteiger partial charge in [-0.25, -0.2) is 0 Å². The number of hydrogen-bond donors (Lipinski definition) is 3. The standard InChI is InChI=1S/C22H31N3O5/c1-16(17-5-3-2-4-6-17)23-21(27)13-18-7-8-19(20(15-26)30-18)24-22(28)14-25-9-11-29-12-10-25/h2-8,16,18-20,26H,9-15H2,1H3,(H,23,27)(H,24,28)/t16-,18+,19-,20-/m1/s1. The van der Waals surface area contributed by atoms with Gasteiger partial charge in [0, 0.05) is 13.1 Å². The molecule has 2 aliphatic heterocycles. The van der Waals surface area contributed by atoms with Gasteiger partial charge in [-0.15, -0.1) is 0 Å². The summed E-state index contributed by atoms with van der Waals surface area (Å²) in [6, 6.07) is 9.21. The second kappa shape index (κ2) is 11.2. The van der Waals surface area contributed by atoms with E-state index in [-0.39, 0.29) is 37.4 Å².